The van der Waals surface area contributed by atoms with Crippen LogP contribution in [0.15, 0.2) is 24.3 Å². The van der Waals surface area contributed by atoms with Crippen molar-refractivity contribution in [2.45, 2.75) is 20.3 Å². The molecule has 24 heavy (non-hydrogen) atoms. The number of amides is 1. The standard InChI is InChI=1S/C17H21N3O3S/c1-11-4-3-5-14-8-15(12(2)19-16(11)14)17(21)20-7-6-13(9-20)10-24(18,22)23/h3-5,8,13H,6-7,9-10H2,1-2H3,(H2,18,22,23)/t13-/m0/s1. The number of primary sulfonamides is 1. The van der Waals surface area contributed by atoms with Gasteiger partial charge in [0, 0.05) is 18.5 Å². The molecule has 0 aliphatic carbocycles. The molecule has 6 nitrogen and oxygen atoms in total. The van der Waals surface area contributed by atoms with Gasteiger partial charge in [-0.15, -0.1) is 0 Å². The number of fused-ring (bicyclic) bond motifs is 1. The molecule has 0 unspecified atom stereocenters. The van der Waals surface area contributed by atoms with Gasteiger partial charge in [0.15, 0.2) is 0 Å². The fourth-order valence-corrected chi connectivity index (χ4v) is 4.24. The molecule has 1 atom stereocenters. The fourth-order valence-electron chi connectivity index (χ4n) is 3.31. The number of aryl methyl sites for hydroxylation is 2. The topological polar surface area (TPSA) is 93.4 Å². The van der Waals surface area contributed by atoms with Crippen molar-refractivity contribution in [1.29, 1.82) is 0 Å². The van der Waals surface area contributed by atoms with Crippen molar-refractivity contribution in [2.75, 3.05) is 18.8 Å². The molecule has 2 aromatic rings. The summed E-state index contributed by atoms with van der Waals surface area (Å²) in [4.78, 5) is 19.1. The van der Waals surface area contributed by atoms with Crippen molar-refractivity contribution < 1.29 is 13.2 Å². The van der Waals surface area contributed by atoms with Crippen molar-refractivity contribution >= 4 is 26.8 Å². The summed E-state index contributed by atoms with van der Waals surface area (Å²) in [5, 5.41) is 6.04. The molecule has 1 aromatic carbocycles. The molecule has 0 radical (unpaired) electrons. The predicted molar refractivity (Wildman–Crippen MR) is 93.2 cm³/mol. The van der Waals surface area contributed by atoms with Gasteiger partial charge in [-0.3, -0.25) is 9.78 Å². The maximum absolute atomic E-state index is 12.8. The molecule has 7 heteroatoms. The van der Waals surface area contributed by atoms with Gasteiger partial charge in [-0.2, -0.15) is 0 Å². The van der Waals surface area contributed by atoms with Crippen LogP contribution < -0.4 is 5.14 Å². The Balaban J connectivity index is 1.86. The molecule has 1 aromatic heterocycles. The number of carbonyl (C=O) groups excluding carboxylic acids is 1. The Labute approximate surface area is 141 Å². The third-order valence-electron chi connectivity index (χ3n) is 4.51. The van der Waals surface area contributed by atoms with Crippen LogP contribution in [-0.2, 0) is 10.0 Å². The summed E-state index contributed by atoms with van der Waals surface area (Å²) in [5.74, 6) is -0.273. The number of likely N-dealkylation sites (tertiary alicyclic amines) is 1. The smallest absolute Gasteiger partial charge is 0.255 e. The van der Waals surface area contributed by atoms with Crippen molar-refractivity contribution in [1.82, 2.24) is 9.88 Å². The molecule has 2 N–H and O–H groups in total. The molecule has 1 fully saturated rings. The van der Waals surface area contributed by atoms with E-state index in [1.54, 1.807) is 4.90 Å². The van der Waals surface area contributed by atoms with Gasteiger partial charge in [0.1, 0.15) is 0 Å². The van der Waals surface area contributed by atoms with Crippen molar-refractivity contribution in [2.24, 2.45) is 11.1 Å². The highest BCUT2D eigenvalue weighted by Gasteiger charge is 2.30. The number of hydrogen-bond donors (Lipinski definition) is 1. The zero-order valence-corrected chi connectivity index (χ0v) is 14.6. The molecule has 2 heterocycles. The number of benzene rings is 1. The summed E-state index contributed by atoms with van der Waals surface area (Å²) in [6.45, 7) is 4.79. The van der Waals surface area contributed by atoms with Crippen LogP contribution in [0.4, 0.5) is 0 Å². The second-order valence-corrected chi connectivity index (χ2v) is 8.16. The number of para-hydroxylation sites is 1. The van der Waals surface area contributed by atoms with E-state index in [0.717, 1.165) is 16.5 Å². The van der Waals surface area contributed by atoms with E-state index in [2.05, 4.69) is 4.98 Å². The first kappa shape index (κ1) is 16.9. The number of sulfonamides is 1. The highest BCUT2D eigenvalue weighted by molar-refractivity contribution is 7.89. The molecule has 0 spiro atoms. The Morgan fingerprint density at radius 2 is 2.12 bits per heavy atom. The summed E-state index contributed by atoms with van der Waals surface area (Å²) in [6, 6.07) is 7.76. The molecule has 0 saturated carbocycles. The summed E-state index contributed by atoms with van der Waals surface area (Å²) in [6.07, 6.45) is 0.654. The lowest BCUT2D eigenvalue weighted by atomic mass is 10.1. The van der Waals surface area contributed by atoms with E-state index in [-0.39, 0.29) is 17.6 Å². The summed E-state index contributed by atoms with van der Waals surface area (Å²) in [7, 11) is -3.51. The average Bonchev–Trinajstić information content (AvgIpc) is 2.93. The Kier molecular flexibility index (Phi) is 4.31. The van der Waals surface area contributed by atoms with Gasteiger partial charge in [0.2, 0.25) is 10.0 Å². The van der Waals surface area contributed by atoms with Gasteiger partial charge in [0.25, 0.3) is 5.91 Å². The number of rotatable bonds is 3. The highest BCUT2D eigenvalue weighted by atomic mass is 32.2. The third kappa shape index (κ3) is 3.42. The molecule has 1 aliphatic heterocycles. The number of nitrogens with two attached hydrogens (primary N) is 1. The number of pyridine rings is 1. The van der Waals surface area contributed by atoms with Crippen LogP contribution in [-0.4, -0.2) is 43.1 Å². The first-order valence-electron chi connectivity index (χ1n) is 7.91. The molecule has 0 bridgehead atoms. The fraction of sp³-hybridized carbons (Fsp3) is 0.412. The van der Waals surface area contributed by atoms with Gasteiger partial charge in [-0.1, -0.05) is 18.2 Å². The minimum absolute atomic E-state index is 0.0784. The lowest BCUT2D eigenvalue weighted by molar-refractivity contribution is 0.0787. The number of hydrogen-bond acceptors (Lipinski definition) is 4. The second kappa shape index (κ2) is 6.14. The zero-order chi connectivity index (χ0) is 17.5. The van der Waals surface area contributed by atoms with E-state index in [0.29, 0.717) is 30.8 Å². The molecule has 1 aliphatic rings. The number of carbonyl (C=O) groups is 1. The lowest BCUT2D eigenvalue weighted by Crippen LogP contribution is -2.31. The molecule has 128 valence electrons. The normalized spacial score (nSPS) is 18.3. The van der Waals surface area contributed by atoms with Crippen LogP contribution in [0.25, 0.3) is 10.9 Å². The first-order chi connectivity index (χ1) is 11.2. The van der Waals surface area contributed by atoms with E-state index >= 15 is 0 Å². The summed E-state index contributed by atoms with van der Waals surface area (Å²) < 4.78 is 22.5. The van der Waals surface area contributed by atoms with Gasteiger partial charge < -0.3 is 4.90 Å². The Morgan fingerprint density at radius 1 is 1.38 bits per heavy atom. The van der Waals surface area contributed by atoms with E-state index < -0.39 is 10.0 Å². The second-order valence-electron chi connectivity index (χ2n) is 6.50. The Hall–Kier alpha value is -1.99. The molecule has 1 saturated heterocycles. The van der Waals surface area contributed by atoms with Crippen LogP contribution in [0, 0.1) is 19.8 Å². The van der Waals surface area contributed by atoms with E-state index in [9.17, 15) is 13.2 Å². The third-order valence-corrected chi connectivity index (χ3v) is 5.45. The van der Waals surface area contributed by atoms with E-state index in [1.165, 1.54) is 0 Å². The molecule has 1 amide bonds. The minimum Gasteiger partial charge on any atom is -0.338 e. The van der Waals surface area contributed by atoms with Gasteiger partial charge in [0.05, 0.1) is 22.5 Å². The molecular formula is C17H21N3O3S. The van der Waals surface area contributed by atoms with Crippen LogP contribution in [0.3, 0.4) is 0 Å². The molecular weight excluding hydrogens is 326 g/mol. The predicted octanol–water partition coefficient (Wildman–Crippen LogP) is 1.60. The summed E-state index contributed by atoms with van der Waals surface area (Å²) >= 11 is 0. The zero-order valence-electron chi connectivity index (χ0n) is 13.8. The van der Waals surface area contributed by atoms with Gasteiger partial charge in [-0.05, 0) is 37.8 Å². The van der Waals surface area contributed by atoms with Gasteiger partial charge >= 0.3 is 0 Å². The monoisotopic (exact) mass is 347 g/mol. The first-order valence-corrected chi connectivity index (χ1v) is 9.63. The Bertz CT molecular complexity index is 909. The van der Waals surface area contributed by atoms with Crippen LogP contribution in [0.1, 0.15) is 28.0 Å². The van der Waals surface area contributed by atoms with Gasteiger partial charge in [-0.25, -0.2) is 13.6 Å². The average molecular weight is 347 g/mol. The number of aromatic nitrogens is 1. The maximum atomic E-state index is 12.8. The van der Waals surface area contributed by atoms with Crippen molar-refractivity contribution in [3.05, 3.63) is 41.1 Å². The van der Waals surface area contributed by atoms with Crippen LogP contribution in [0.5, 0.6) is 0 Å². The summed E-state index contributed by atoms with van der Waals surface area (Å²) in [5.41, 5.74) is 3.24. The highest BCUT2D eigenvalue weighted by Crippen LogP contribution is 2.24. The maximum Gasteiger partial charge on any atom is 0.255 e. The largest absolute Gasteiger partial charge is 0.338 e. The SMILES string of the molecule is Cc1nc2c(C)cccc2cc1C(=O)N1CC[C@H](CS(N)(=O)=O)C1. The van der Waals surface area contributed by atoms with Crippen LogP contribution in [0.2, 0.25) is 0 Å². The van der Waals surface area contributed by atoms with Crippen LogP contribution >= 0.6 is 0 Å². The van der Waals surface area contributed by atoms with Crippen molar-refractivity contribution in [3.8, 4) is 0 Å². The van der Waals surface area contributed by atoms with E-state index in [4.69, 9.17) is 5.14 Å². The lowest BCUT2D eigenvalue weighted by Gasteiger charge is -2.18. The molecule has 3 rings (SSSR count). The minimum atomic E-state index is -3.51. The Morgan fingerprint density at radius 3 is 2.83 bits per heavy atom. The quantitative estimate of drug-likeness (QED) is 0.912. The van der Waals surface area contributed by atoms with E-state index in [1.807, 2.05) is 38.1 Å². The van der Waals surface area contributed by atoms with Crippen molar-refractivity contribution in [3.63, 3.8) is 0 Å². The number of nitrogens with zero attached hydrogens (tertiary/aromatic N) is 2.